The number of nitrogens with zero attached hydrogens (tertiary/aromatic N) is 4. The zero-order valence-electron chi connectivity index (χ0n) is 10.7. The number of hydrogen-bond donors (Lipinski definition) is 1. The van der Waals surface area contributed by atoms with E-state index in [2.05, 4.69) is 28.8 Å². The summed E-state index contributed by atoms with van der Waals surface area (Å²) >= 11 is 5.99. The number of rotatable bonds is 2. The molecule has 0 unspecified atom stereocenters. The third-order valence-corrected chi connectivity index (χ3v) is 4.22. The number of ether oxygens (including phenoxy) is 1. The molecule has 2 aromatic heterocycles. The lowest BCUT2D eigenvalue weighted by molar-refractivity contribution is -0.0336. The topological polar surface area (TPSA) is 73.1 Å². The molecule has 7 heteroatoms. The summed E-state index contributed by atoms with van der Waals surface area (Å²) in [6.45, 7) is 4.19. The van der Waals surface area contributed by atoms with Gasteiger partial charge in [0.05, 0.1) is 19.0 Å². The Morgan fingerprint density at radius 3 is 2.79 bits per heavy atom. The molecule has 3 rings (SSSR count). The summed E-state index contributed by atoms with van der Waals surface area (Å²) in [6, 6.07) is 0. The minimum atomic E-state index is -0.192. The van der Waals surface area contributed by atoms with Crippen molar-refractivity contribution < 1.29 is 9.84 Å². The Balaban J connectivity index is 2.04. The molecule has 1 aliphatic heterocycles. The molecule has 3 heterocycles. The van der Waals surface area contributed by atoms with Crippen LogP contribution in [0.25, 0.3) is 11.2 Å². The third kappa shape index (κ3) is 1.91. The quantitative estimate of drug-likeness (QED) is 0.848. The van der Waals surface area contributed by atoms with E-state index in [1.807, 2.05) is 4.57 Å². The van der Waals surface area contributed by atoms with Gasteiger partial charge in [-0.2, -0.15) is 0 Å². The molecule has 102 valence electrons. The van der Waals surface area contributed by atoms with Crippen molar-refractivity contribution in [3.05, 3.63) is 17.8 Å². The maximum atomic E-state index is 9.33. The van der Waals surface area contributed by atoms with Crippen LogP contribution in [0.1, 0.15) is 20.1 Å². The monoisotopic (exact) mass is 282 g/mol. The first kappa shape index (κ1) is 12.8. The SMILES string of the molecule is C[C@@H]1[C@H](C)[C@@H](CO)O[C@H]1n1cnc2c(Cl)ncnc21. The van der Waals surface area contributed by atoms with Crippen LogP contribution in [0.2, 0.25) is 5.15 Å². The number of halogens is 1. The highest BCUT2D eigenvalue weighted by molar-refractivity contribution is 6.33. The molecular formula is C12H15ClN4O2. The maximum Gasteiger partial charge on any atom is 0.166 e. The molecule has 1 N–H and O–H groups in total. The van der Waals surface area contributed by atoms with Gasteiger partial charge in [0.25, 0.3) is 0 Å². The average molecular weight is 283 g/mol. The number of imidazole rings is 1. The number of aliphatic hydroxyl groups excluding tert-OH is 1. The molecular weight excluding hydrogens is 268 g/mol. The highest BCUT2D eigenvalue weighted by Crippen LogP contribution is 2.39. The van der Waals surface area contributed by atoms with Gasteiger partial charge in [0.15, 0.2) is 10.8 Å². The van der Waals surface area contributed by atoms with Crippen molar-refractivity contribution in [2.24, 2.45) is 11.8 Å². The second-order valence-corrected chi connectivity index (χ2v) is 5.31. The number of hydrogen-bond acceptors (Lipinski definition) is 5. The fourth-order valence-electron chi connectivity index (χ4n) is 2.56. The fraction of sp³-hybridized carbons (Fsp3) is 0.583. The van der Waals surface area contributed by atoms with Gasteiger partial charge >= 0.3 is 0 Å². The molecule has 4 atom stereocenters. The van der Waals surface area contributed by atoms with Gasteiger partial charge in [0.2, 0.25) is 0 Å². The van der Waals surface area contributed by atoms with Crippen LogP contribution >= 0.6 is 11.6 Å². The first-order valence-corrected chi connectivity index (χ1v) is 6.60. The van der Waals surface area contributed by atoms with E-state index in [4.69, 9.17) is 16.3 Å². The van der Waals surface area contributed by atoms with Crippen molar-refractivity contribution in [1.82, 2.24) is 19.5 Å². The second-order valence-electron chi connectivity index (χ2n) is 4.95. The van der Waals surface area contributed by atoms with Crippen LogP contribution in [0.3, 0.4) is 0 Å². The van der Waals surface area contributed by atoms with Crippen LogP contribution in [-0.4, -0.2) is 37.3 Å². The lowest BCUT2D eigenvalue weighted by Gasteiger charge is -2.17. The highest BCUT2D eigenvalue weighted by Gasteiger charge is 2.40. The lowest BCUT2D eigenvalue weighted by atomic mass is 9.93. The van der Waals surface area contributed by atoms with Gasteiger partial charge < -0.3 is 9.84 Å². The molecule has 1 saturated heterocycles. The Morgan fingerprint density at radius 1 is 1.32 bits per heavy atom. The molecule has 1 aliphatic rings. The van der Waals surface area contributed by atoms with Gasteiger partial charge in [-0.25, -0.2) is 15.0 Å². The highest BCUT2D eigenvalue weighted by atomic mass is 35.5. The Kier molecular flexibility index (Phi) is 3.16. The van der Waals surface area contributed by atoms with E-state index >= 15 is 0 Å². The zero-order valence-corrected chi connectivity index (χ0v) is 11.4. The summed E-state index contributed by atoms with van der Waals surface area (Å²) in [5, 5.41) is 9.66. The molecule has 0 bridgehead atoms. The van der Waals surface area contributed by atoms with E-state index in [1.165, 1.54) is 6.33 Å². The summed E-state index contributed by atoms with van der Waals surface area (Å²) < 4.78 is 7.76. The Morgan fingerprint density at radius 2 is 2.11 bits per heavy atom. The Bertz CT molecular complexity index is 602. The van der Waals surface area contributed by atoms with E-state index in [1.54, 1.807) is 6.33 Å². The van der Waals surface area contributed by atoms with Crippen molar-refractivity contribution in [3.63, 3.8) is 0 Å². The predicted molar refractivity (Wildman–Crippen MR) is 69.7 cm³/mol. The van der Waals surface area contributed by atoms with Crippen LogP contribution in [0, 0.1) is 11.8 Å². The van der Waals surface area contributed by atoms with Crippen LogP contribution < -0.4 is 0 Å². The predicted octanol–water partition coefficient (Wildman–Crippen LogP) is 1.64. The summed E-state index contributed by atoms with van der Waals surface area (Å²) in [5.41, 5.74) is 1.22. The molecule has 1 fully saturated rings. The van der Waals surface area contributed by atoms with Gasteiger partial charge in [-0.1, -0.05) is 25.4 Å². The first-order chi connectivity index (χ1) is 9.13. The van der Waals surface area contributed by atoms with E-state index in [-0.39, 0.29) is 30.8 Å². The minimum absolute atomic E-state index is 0.0182. The summed E-state index contributed by atoms with van der Waals surface area (Å²) in [5.74, 6) is 0.521. The summed E-state index contributed by atoms with van der Waals surface area (Å²) in [4.78, 5) is 12.4. The van der Waals surface area contributed by atoms with Crippen molar-refractivity contribution in [1.29, 1.82) is 0 Å². The summed E-state index contributed by atoms with van der Waals surface area (Å²) in [7, 11) is 0. The maximum absolute atomic E-state index is 9.33. The Labute approximate surface area is 115 Å². The smallest absolute Gasteiger partial charge is 0.166 e. The van der Waals surface area contributed by atoms with Crippen molar-refractivity contribution in [3.8, 4) is 0 Å². The molecule has 19 heavy (non-hydrogen) atoms. The van der Waals surface area contributed by atoms with Gasteiger partial charge in [0.1, 0.15) is 18.1 Å². The normalized spacial score (nSPS) is 31.2. The van der Waals surface area contributed by atoms with Gasteiger partial charge in [-0.3, -0.25) is 4.57 Å². The number of fused-ring (bicyclic) bond motifs is 1. The molecule has 2 aromatic rings. The fourth-order valence-corrected chi connectivity index (χ4v) is 2.74. The lowest BCUT2D eigenvalue weighted by Crippen LogP contribution is -2.19. The second kappa shape index (κ2) is 4.70. The van der Waals surface area contributed by atoms with Crippen LogP contribution in [0.5, 0.6) is 0 Å². The van der Waals surface area contributed by atoms with Crippen LogP contribution in [0.4, 0.5) is 0 Å². The molecule has 0 aromatic carbocycles. The van der Waals surface area contributed by atoms with Crippen molar-refractivity contribution >= 4 is 22.8 Å². The van der Waals surface area contributed by atoms with E-state index in [0.717, 1.165) is 0 Å². The first-order valence-electron chi connectivity index (χ1n) is 6.22. The largest absolute Gasteiger partial charge is 0.394 e. The van der Waals surface area contributed by atoms with Gasteiger partial charge in [-0.15, -0.1) is 0 Å². The van der Waals surface area contributed by atoms with Gasteiger partial charge in [-0.05, 0) is 5.92 Å². The van der Waals surface area contributed by atoms with Crippen LogP contribution in [-0.2, 0) is 4.74 Å². The van der Waals surface area contributed by atoms with Crippen LogP contribution in [0.15, 0.2) is 12.7 Å². The molecule has 0 saturated carbocycles. The molecule has 6 nitrogen and oxygen atoms in total. The van der Waals surface area contributed by atoms with E-state index in [9.17, 15) is 5.11 Å². The average Bonchev–Trinajstić information content (AvgIpc) is 2.94. The summed E-state index contributed by atoms with van der Waals surface area (Å²) in [6.07, 6.45) is 2.73. The number of aliphatic hydroxyl groups is 1. The van der Waals surface area contributed by atoms with E-state index < -0.39 is 0 Å². The van der Waals surface area contributed by atoms with Crippen molar-refractivity contribution in [2.45, 2.75) is 26.2 Å². The molecule has 0 spiro atoms. The molecule has 0 radical (unpaired) electrons. The third-order valence-electron chi connectivity index (χ3n) is 3.95. The molecule has 0 amide bonds. The molecule has 0 aliphatic carbocycles. The zero-order chi connectivity index (χ0) is 13.6. The standard InChI is InChI=1S/C12H15ClN4O2/c1-6-7(2)12(19-8(6)3-18)17-5-16-9-10(13)14-4-15-11(9)17/h4-8,12,18H,3H2,1-2H3/t6-,7+,8+,12+/m0/s1. The minimum Gasteiger partial charge on any atom is -0.394 e. The number of aromatic nitrogens is 4. The van der Waals surface area contributed by atoms with Crippen molar-refractivity contribution in [2.75, 3.05) is 6.61 Å². The van der Waals surface area contributed by atoms with E-state index in [0.29, 0.717) is 16.3 Å². The van der Waals surface area contributed by atoms with Gasteiger partial charge in [0, 0.05) is 5.92 Å². The Hall–Kier alpha value is -1.24.